The van der Waals surface area contributed by atoms with E-state index in [1.54, 1.807) is 0 Å². The maximum atomic E-state index is 8.88. The molecule has 1 heterocycles. The fourth-order valence-electron chi connectivity index (χ4n) is 0.537. The highest BCUT2D eigenvalue weighted by atomic mass is 16.9. The summed E-state index contributed by atoms with van der Waals surface area (Å²) in [5.74, 6) is -1.02. The van der Waals surface area contributed by atoms with E-state index < -0.39 is 16.1 Å². The molecule has 20 heavy (non-hydrogen) atoms. The minimum absolute atomic E-state index is 0. The van der Waals surface area contributed by atoms with Crippen molar-refractivity contribution >= 4 is 17.8 Å². The molecule has 1 aromatic rings. The number of nitrogens with two attached hydrogens (primary N) is 3. The minimum atomic E-state index is -1.75. The number of hydrogen-bond donors (Lipinski definition) is 5. The predicted molar refractivity (Wildman–Crippen MR) is 56.6 cm³/mol. The fourth-order valence-corrected chi connectivity index (χ4v) is 0.537. The summed E-state index contributed by atoms with van der Waals surface area (Å²) in [4.78, 5) is 19.8. The third-order valence-electron chi connectivity index (χ3n) is 1.10. The topological polar surface area (TPSA) is 303 Å². The molecule has 0 spiro atoms. The van der Waals surface area contributed by atoms with Gasteiger partial charge in [-0.25, -0.2) is 0 Å². The number of aromatic nitrogens is 3. The Morgan fingerprint density at radius 3 is 1.30 bits per heavy atom. The predicted octanol–water partition coefficient (Wildman–Crippen LogP) is -4.43. The van der Waals surface area contributed by atoms with Crippen molar-refractivity contribution in [3.63, 3.8) is 0 Å². The van der Waals surface area contributed by atoms with Gasteiger partial charge in [0.2, 0.25) is 0 Å². The van der Waals surface area contributed by atoms with Crippen LogP contribution in [0.4, 0.5) is 17.8 Å². The molecule has 10 N–H and O–H groups in total. The van der Waals surface area contributed by atoms with Gasteiger partial charge in [0.25, 0.3) is 0 Å². The smallest absolute Gasteiger partial charge is 0.412 e. The lowest BCUT2D eigenvalue weighted by Crippen LogP contribution is -2.53. The molecule has 1 aromatic heterocycles. The number of nitrogen functional groups attached to an aromatic ring is 3. The first-order valence-corrected chi connectivity index (χ1v) is 3.70. The first-order valence-electron chi connectivity index (χ1n) is 3.70. The third-order valence-corrected chi connectivity index (χ3v) is 1.10. The van der Waals surface area contributed by atoms with Gasteiger partial charge in [0.05, 0.1) is 10.2 Å². The van der Waals surface area contributed by atoms with E-state index in [9.17, 15) is 0 Å². The number of anilines is 3. The van der Waals surface area contributed by atoms with Crippen molar-refractivity contribution in [2.75, 3.05) is 17.2 Å². The second-order valence-corrected chi connectivity index (χ2v) is 2.26. The highest BCUT2D eigenvalue weighted by Crippen LogP contribution is 1.91. The Morgan fingerprint density at radius 1 is 0.900 bits per heavy atom. The molecule has 0 unspecified atom stereocenters. The number of hydrogen-bond acceptors (Lipinski definition) is 12. The Hall–Kier alpha value is -3.63. The molecule has 116 valence electrons. The Morgan fingerprint density at radius 2 is 1.10 bits per heavy atom. The largest absolute Gasteiger partial charge is 0.476 e. The van der Waals surface area contributed by atoms with Crippen LogP contribution in [-0.2, 0) is 0 Å². The van der Waals surface area contributed by atoms with E-state index in [0.717, 1.165) is 0 Å². The number of nitrogens with zero attached hydrogens (tertiary/aromatic N) is 5. The van der Waals surface area contributed by atoms with Gasteiger partial charge in [0.1, 0.15) is 0 Å². The standard InChI is InChI=1S/C3H6N6O2.2NO3.H2O/c4-1-7-2(5)9(11)3(6)8(1)10;2*2-1(3)4;/h6,10-11H,(H3,4,5,7);;;1H2/q;2*-1;/p+2. The highest BCUT2D eigenvalue weighted by molar-refractivity contribution is 5.17. The maximum Gasteiger partial charge on any atom is 0.476 e. The lowest BCUT2D eigenvalue weighted by molar-refractivity contribution is -0.983. The van der Waals surface area contributed by atoms with Crippen molar-refractivity contribution in [3.05, 3.63) is 30.6 Å². The molecule has 0 bridgehead atoms. The van der Waals surface area contributed by atoms with Crippen molar-refractivity contribution in [3.8, 4) is 0 Å². The van der Waals surface area contributed by atoms with Gasteiger partial charge in [-0.3, -0.25) is 11.5 Å². The van der Waals surface area contributed by atoms with Crippen molar-refractivity contribution in [1.82, 2.24) is 4.98 Å². The van der Waals surface area contributed by atoms with Crippen LogP contribution in [0.3, 0.4) is 0 Å². The van der Waals surface area contributed by atoms with Crippen molar-refractivity contribution in [2.24, 2.45) is 0 Å². The Kier molecular flexibility index (Phi) is 10.2. The van der Waals surface area contributed by atoms with Gasteiger partial charge in [-0.2, -0.15) is 0 Å². The maximum absolute atomic E-state index is 8.88. The van der Waals surface area contributed by atoms with E-state index in [0.29, 0.717) is 9.46 Å². The first-order chi connectivity index (χ1) is 8.50. The van der Waals surface area contributed by atoms with Crippen LogP contribution in [0.1, 0.15) is 0 Å². The molecule has 1 rings (SSSR count). The van der Waals surface area contributed by atoms with E-state index in [1.807, 2.05) is 0 Å². The van der Waals surface area contributed by atoms with Crippen LogP contribution in [0.2, 0.25) is 0 Å². The number of rotatable bonds is 0. The lowest BCUT2D eigenvalue weighted by Gasteiger charge is -1.94. The van der Waals surface area contributed by atoms with E-state index >= 15 is 0 Å². The molecule has 0 fully saturated rings. The van der Waals surface area contributed by atoms with Crippen LogP contribution in [0, 0.1) is 30.6 Å². The molecule has 0 aromatic carbocycles. The van der Waals surface area contributed by atoms with Crippen molar-refractivity contribution < 1.29 is 35.5 Å². The molecule has 0 saturated carbocycles. The quantitative estimate of drug-likeness (QED) is 0.131. The van der Waals surface area contributed by atoms with Crippen LogP contribution in [-0.4, -0.2) is 31.0 Å². The fraction of sp³-hybridized carbons (Fsp3) is 0. The van der Waals surface area contributed by atoms with Crippen LogP contribution in [0.15, 0.2) is 0 Å². The Balaban J connectivity index is -0.000000272. The van der Waals surface area contributed by atoms with Gasteiger partial charge >= 0.3 is 17.8 Å². The molecule has 0 aliphatic rings. The lowest BCUT2D eigenvalue weighted by atomic mass is 10.8. The summed E-state index contributed by atoms with van der Waals surface area (Å²) in [6, 6.07) is 0. The van der Waals surface area contributed by atoms with Gasteiger partial charge in [-0.05, 0) is 0 Å². The Bertz CT molecular complexity index is 417. The van der Waals surface area contributed by atoms with Crippen LogP contribution < -0.4 is 26.7 Å². The van der Waals surface area contributed by atoms with Gasteiger partial charge < -0.3 is 52.3 Å². The molecule has 0 aliphatic carbocycles. The second kappa shape index (κ2) is 9.41. The van der Waals surface area contributed by atoms with E-state index in [-0.39, 0.29) is 17.4 Å². The zero-order valence-electron chi connectivity index (χ0n) is 9.31. The summed E-state index contributed by atoms with van der Waals surface area (Å²) < 4.78 is 0.604. The van der Waals surface area contributed by atoms with Gasteiger partial charge in [0.15, 0.2) is 0 Å². The van der Waals surface area contributed by atoms with Crippen LogP contribution >= 0.6 is 0 Å². The monoisotopic (exact) mass is 302 g/mol. The molecule has 0 amide bonds. The molecular formula is C3H10N8O9. The summed E-state index contributed by atoms with van der Waals surface area (Å²) in [5, 5.41) is 47.3. The summed E-state index contributed by atoms with van der Waals surface area (Å²) in [6.45, 7) is 0. The van der Waals surface area contributed by atoms with Gasteiger partial charge in [-0.15, -0.1) is 0 Å². The second-order valence-electron chi connectivity index (χ2n) is 2.26. The molecule has 0 atom stereocenters. The first kappa shape index (κ1) is 21.6. The SMILES string of the molecule is Nc1nc(N)[n+](O)c(N)[n+]1O.O.O=[N+]([O-])[O-].O=[N+]([O-])[O-]. The molecule has 0 radical (unpaired) electrons. The zero-order chi connectivity index (χ0) is 15.7. The van der Waals surface area contributed by atoms with Gasteiger partial charge in [-0.1, -0.05) is 0 Å². The summed E-state index contributed by atoms with van der Waals surface area (Å²) in [7, 11) is 0. The molecular weight excluding hydrogens is 292 g/mol. The average molecular weight is 302 g/mol. The average Bonchev–Trinajstić information content (AvgIpc) is 2.22. The summed E-state index contributed by atoms with van der Waals surface area (Å²) in [6.07, 6.45) is 0. The Labute approximate surface area is 107 Å². The minimum Gasteiger partial charge on any atom is -0.412 e. The third kappa shape index (κ3) is 9.59. The zero-order valence-corrected chi connectivity index (χ0v) is 9.31. The van der Waals surface area contributed by atoms with Crippen LogP contribution in [0.25, 0.3) is 0 Å². The molecule has 17 nitrogen and oxygen atoms in total. The van der Waals surface area contributed by atoms with E-state index in [1.165, 1.54) is 0 Å². The van der Waals surface area contributed by atoms with Crippen molar-refractivity contribution in [2.45, 2.75) is 0 Å². The van der Waals surface area contributed by atoms with Crippen molar-refractivity contribution in [1.29, 1.82) is 0 Å². The molecule has 0 aliphatic heterocycles. The van der Waals surface area contributed by atoms with Gasteiger partial charge in [0, 0.05) is 14.4 Å². The highest BCUT2D eigenvalue weighted by Gasteiger charge is 2.24. The normalized spacial score (nSPS) is 7.80. The summed E-state index contributed by atoms with van der Waals surface area (Å²) in [5.41, 5.74) is 15.3. The van der Waals surface area contributed by atoms with E-state index in [2.05, 4.69) is 4.98 Å². The van der Waals surface area contributed by atoms with Crippen LogP contribution in [0.5, 0.6) is 0 Å². The summed E-state index contributed by atoms with van der Waals surface area (Å²) >= 11 is 0. The van der Waals surface area contributed by atoms with E-state index in [4.69, 9.17) is 58.3 Å². The molecule has 0 saturated heterocycles. The molecule has 17 heteroatoms.